The molecule has 9 heteroatoms. The lowest BCUT2D eigenvalue weighted by atomic mass is 9.46. The number of rotatable bonds is 5. The molecule has 6 aliphatic rings. The van der Waals surface area contributed by atoms with Crippen LogP contribution in [0.1, 0.15) is 65.2 Å². The standard InChI is InChI=1S/C33H38N2O5S2/c1-31-12-11-20(36)14-19(31)9-10-21-22-15-26-33(32(22,2)16-24(37)27(21)31,40-29(39-26)18-6-3-4-7-18)25(38)17-41-30-35-23-8-5-13-34-28(23)42-30/h5,8,11-14,18,21-22,24,26-27,29,37H,3-4,6-7,9-10,15-17H2,1-2H3/t21?,22?,24-,26+,27?,29?,31?,32?,33+/m0/s1. The number of aliphatic hydroxyl groups is 1. The molecule has 2 aromatic heterocycles. The molecule has 4 saturated carbocycles. The molecule has 7 nitrogen and oxygen atoms in total. The number of carbonyl (C=O) groups excluding carboxylic acids is 2. The third-order valence-corrected chi connectivity index (χ3v) is 14.1. The van der Waals surface area contributed by atoms with Crippen LogP contribution in [-0.4, -0.2) is 56.5 Å². The highest BCUT2D eigenvalue weighted by atomic mass is 32.2. The predicted molar refractivity (Wildman–Crippen MR) is 161 cm³/mol. The van der Waals surface area contributed by atoms with Crippen molar-refractivity contribution in [2.24, 2.45) is 34.5 Å². The molecule has 0 aromatic carbocycles. The third-order valence-electron chi connectivity index (χ3n) is 11.9. The van der Waals surface area contributed by atoms with Crippen molar-refractivity contribution in [2.45, 2.75) is 93.7 Å². The SMILES string of the molecule is CC12C=CC(=O)C=C1CCC1C2[C@@H](O)CC2(C)C1C[C@H]1OC(C3CCCC3)O[C@]12C(=O)CSc1nc2cccnc2s1. The van der Waals surface area contributed by atoms with Crippen molar-refractivity contribution >= 4 is 45.0 Å². The van der Waals surface area contributed by atoms with Crippen molar-refractivity contribution in [3.8, 4) is 0 Å². The van der Waals surface area contributed by atoms with Crippen LogP contribution in [0.3, 0.4) is 0 Å². The van der Waals surface area contributed by atoms with Crippen LogP contribution in [0.15, 0.2) is 46.5 Å². The molecule has 0 bridgehead atoms. The summed E-state index contributed by atoms with van der Waals surface area (Å²) < 4.78 is 14.6. The van der Waals surface area contributed by atoms with E-state index in [0.29, 0.717) is 12.3 Å². The summed E-state index contributed by atoms with van der Waals surface area (Å²) in [5, 5.41) is 12.0. The largest absolute Gasteiger partial charge is 0.393 e. The molecular formula is C33H38N2O5S2. The Balaban J connectivity index is 1.14. The zero-order valence-corrected chi connectivity index (χ0v) is 25.8. The Bertz CT molecular complexity index is 1480. The van der Waals surface area contributed by atoms with E-state index < -0.39 is 17.1 Å². The first-order valence-corrected chi connectivity index (χ1v) is 17.4. The van der Waals surface area contributed by atoms with Crippen molar-refractivity contribution in [3.63, 3.8) is 0 Å². The van der Waals surface area contributed by atoms with E-state index in [1.165, 1.54) is 35.9 Å². The van der Waals surface area contributed by atoms with E-state index in [-0.39, 0.29) is 52.9 Å². The molecule has 5 fully saturated rings. The maximum atomic E-state index is 14.6. The number of ketones is 2. The topological polar surface area (TPSA) is 98.6 Å². The van der Waals surface area contributed by atoms with Crippen molar-refractivity contribution < 1.29 is 24.2 Å². The van der Waals surface area contributed by atoms with Crippen LogP contribution in [0, 0.1) is 34.5 Å². The zero-order valence-electron chi connectivity index (χ0n) is 24.2. The number of aliphatic hydroxyl groups excluding tert-OH is 1. The number of aromatic nitrogens is 2. The Morgan fingerprint density at radius 2 is 2.07 bits per heavy atom. The number of thiazole rings is 1. The molecule has 0 spiro atoms. The van der Waals surface area contributed by atoms with Crippen LogP contribution in [0.5, 0.6) is 0 Å². The van der Waals surface area contributed by atoms with Gasteiger partial charge < -0.3 is 14.6 Å². The summed E-state index contributed by atoms with van der Waals surface area (Å²) in [5.74, 6) is 1.07. The summed E-state index contributed by atoms with van der Waals surface area (Å²) in [6.07, 6.45) is 13.5. The number of nitrogens with zero attached hydrogens (tertiary/aromatic N) is 2. The lowest BCUT2D eigenvalue weighted by Gasteiger charge is -2.59. The number of hydrogen-bond donors (Lipinski definition) is 1. The fourth-order valence-electron chi connectivity index (χ4n) is 10.1. The van der Waals surface area contributed by atoms with E-state index >= 15 is 0 Å². The number of allylic oxidation sites excluding steroid dienone is 4. The molecule has 5 aliphatic carbocycles. The van der Waals surface area contributed by atoms with Crippen molar-refractivity contribution in [1.29, 1.82) is 0 Å². The van der Waals surface area contributed by atoms with Gasteiger partial charge in [-0.2, -0.15) is 0 Å². The molecule has 1 aliphatic heterocycles. The van der Waals surface area contributed by atoms with Gasteiger partial charge >= 0.3 is 0 Å². The van der Waals surface area contributed by atoms with Gasteiger partial charge in [0, 0.05) is 28.9 Å². The first-order valence-electron chi connectivity index (χ1n) is 15.6. The van der Waals surface area contributed by atoms with E-state index in [2.05, 4.69) is 18.8 Å². The Morgan fingerprint density at radius 1 is 1.24 bits per heavy atom. The smallest absolute Gasteiger partial charge is 0.178 e. The van der Waals surface area contributed by atoms with E-state index in [1.54, 1.807) is 18.3 Å². The summed E-state index contributed by atoms with van der Waals surface area (Å²) in [6.45, 7) is 4.39. The van der Waals surface area contributed by atoms with E-state index in [4.69, 9.17) is 14.5 Å². The molecular weight excluding hydrogens is 569 g/mol. The highest BCUT2D eigenvalue weighted by Crippen LogP contribution is 2.70. The van der Waals surface area contributed by atoms with Gasteiger partial charge in [-0.3, -0.25) is 9.59 Å². The minimum absolute atomic E-state index is 0.00107. The van der Waals surface area contributed by atoms with Gasteiger partial charge in [0.2, 0.25) is 0 Å². The molecule has 0 amide bonds. The molecule has 222 valence electrons. The molecule has 3 heterocycles. The lowest BCUT2D eigenvalue weighted by molar-refractivity contribution is -0.205. The predicted octanol–water partition coefficient (Wildman–Crippen LogP) is 5.91. The minimum atomic E-state index is -1.09. The van der Waals surface area contributed by atoms with Crippen LogP contribution >= 0.6 is 23.1 Å². The van der Waals surface area contributed by atoms with Gasteiger partial charge in [0.05, 0.1) is 18.0 Å². The van der Waals surface area contributed by atoms with Crippen LogP contribution in [0.25, 0.3) is 10.3 Å². The molecule has 8 rings (SSSR count). The second-order valence-corrected chi connectivity index (χ2v) is 16.1. The van der Waals surface area contributed by atoms with Gasteiger partial charge in [0.25, 0.3) is 0 Å². The lowest BCUT2D eigenvalue weighted by Crippen LogP contribution is -2.63. The monoisotopic (exact) mass is 606 g/mol. The summed E-state index contributed by atoms with van der Waals surface area (Å²) in [7, 11) is 0. The van der Waals surface area contributed by atoms with E-state index in [1.807, 2.05) is 18.2 Å². The van der Waals surface area contributed by atoms with Gasteiger partial charge in [-0.15, -0.1) is 0 Å². The fraction of sp³-hybridized carbons (Fsp3) is 0.636. The maximum absolute atomic E-state index is 14.6. The Labute approximate surface area is 254 Å². The quantitative estimate of drug-likeness (QED) is 0.420. The number of ether oxygens (including phenoxy) is 2. The van der Waals surface area contributed by atoms with Crippen LogP contribution < -0.4 is 0 Å². The summed E-state index contributed by atoms with van der Waals surface area (Å²) in [5.41, 5.74) is -0.00371. The Kier molecular flexibility index (Phi) is 6.44. The molecule has 0 radical (unpaired) electrons. The van der Waals surface area contributed by atoms with Crippen LogP contribution in [0.2, 0.25) is 0 Å². The number of thioether (sulfide) groups is 1. The Hall–Kier alpha value is -1.91. The molecule has 6 unspecified atom stereocenters. The fourth-order valence-corrected chi connectivity index (χ4v) is 12.0. The second-order valence-electron chi connectivity index (χ2n) is 13.9. The maximum Gasteiger partial charge on any atom is 0.178 e. The average molecular weight is 607 g/mol. The number of carbonyl (C=O) groups is 2. The summed E-state index contributed by atoms with van der Waals surface area (Å²) >= 11 is 2.98. The van der Waals surface area contributed by atoms with E-state index in [0.717, 1.165) is 52.4 Å². The van der Waals surface area contributed by atoms with Crippen LogP contribution in [0.4, 0.5) is 0 Å². The second kappa shape index (κ2) is 9.80. The van der Waals surface area contributed by atoms with Crippen molar-refractivity contribution in [3.05, 3.63) is 42.1 Å². The summed E-state index contributed by atoms with van der Waals surface area (Å²) in [6, 6.07) is 3.83. The van der Waals surface area contributed by atoms with Gasteiger partial charge in [-0.25, -0.2) is 9.97 Å². The molecule has 2 aromatic rings. The Morgan fingerprint density at radius 3 is 2.88 bits per heavy atom. The van der Waals surface area contributed by atoms with Gasteiger partial charge in [0.15, 0.2) is 27.8 Å². The summed E-state index contributed by atoms with van der Waals surface area (Å²) in [4.78, 5) is 36.9. The van der Waals surface area contributed by atoms with Crippen molar-refractivity contribution in [2.75, 3.05) is 5.75 Å². The van der Waals surface area contributed by atoms with Gasteiger partial charge in [0.1, 0.15) is 10.3 Å². The zero-order chi connectivity index (χ0) is 28.9. The van der Waals surface area contributed by atoms with Gasteiger partial charge in [-0.1, -0.05) is 61.4 Å². The van der Waals surface area contributed by atoms with Crippen LogP contribution in [-0.2, 0) is 19.1 Å². The third kappa shape index (κ3) is 3.82. The van der Waals surface area contributed by atoms with Gasteiger partial charge in [-0.05, 0) is 74.6 Å². The minimum Gasteiger partial charge on any atom is -0.393 e. The highest BCUT2D eigenvalue weighted by molar-refractivity contribution is 8.01. The van der Waals surface area contributed by atoms with Crippen molar-refractivity contribution in [1.82, 2.24) is 9.97 Å². The average Bonchev–Trinajstić information content (AvgIpc) is 3.75. The normalized spacial score (nSPS) is 42.7. The van der Waals surface area contributed by atoms with E-state index in [9.17, 15) is 14.7 Å². The number of pyridine rings is 1. The number of Topliss-reactive ketones (excluding diaryl/α,β-unsaturated/α-hetero) is 1. The highest BCUT2D eigenvalue weighted by Gasteiger charge is 2.76. The number of hydrogen-bond acceptors (Lipinski definition) is 9. The molecule has 1 N–H and O–H groups in total. The first kappa shape index (κ1) is 27.6. The molecule has 42 heavy (non-hydrogen) atoms. The number of fused-ring (bicyclic) bond motifs is 8. The molecule has 1 saturated heterocycles. The molecule has 9 atom stereocenters. The first-order chi connectivity index (χ1) is 20.2.